The first-order valence-corrected chi connectivity index (χ1v) is 27.1. The van der Waals surface area contributed by atoms with Crippen LogP contribution >= 0.6 is 0 Å². The van der Waals surface area contributed by atoms with Crippen LogP contribution in [-0.2, 0) is 33.0 Å². The van der Waals surface area contributed by atoms with Crippen LogP contribution in [0.25, 0.3) is 0 Å². The zero-order chi connectivity index (χ0) is 49.9. The molecular formula is C58H51FN4O8Si. The second-order valence-corrected chi connectivity index (χ2v) is 23.0. The molecule has 1 N–H and O–H groups in total. The molecule has 1 fully saturated rings. The molecule has 1 saturated heterocycles. The summed E-state index contributed by atoms with van der Waals surface area (Å²) in [5, 5.41) is 10.1. The molecule has 11 rings (SSSR count). The molecule has 0 saturated carbocycles. The maximum atomic E-state index is 17.2. The molecule has 7 aromatic carbocycles. The first-order chi connectivity index (χ1) is 34.8. The Morgan fingerprint density at radius 1 is 0.653 bits per heavy atom. The number of ether oxygens (including phenoxy) is 3. The van der Waals surface area contributed by atoms with E-state index in [1.807, 2.05) is 104 Å². The predicted octanol–water partition coefficient (Wildman–Crippen LogP) is 11.6. The number of halogens is 1. The van der Waals surface area contributed by atoms with Crippen molar-refractivity contribution in [1.82, 2.24) is 4.90 Å². The number of rotatable bonds is 11. The van der Waals surface area contributed by atoms with Crippen molar-refractivity contribution in [2.45, 2.75) is 56.8 Å². The van der Waals surface area contributed by atoms with Gasteiger partial charge < -0.3 is 33.2 Å². The number of aliphatic hydroxyl groups is 1. The second-order valence-electron chi connectivity index (χ2n) is 19.2. The highest BCUT2D eigenvalue weighted by Gasteiger charge is 2.67. The van der Waals surface area contributed by atoms with Crippen LogP contribution in [-0.4, -0.2) is 61.3 Å². The Hall–Kier alpha value is -7.91. The van der Waals surface area contributed by atoms with Crippen LogP contribution < -0.4 is 24.2 Å². The number of fused-ring (bicyclic) bond motifs is 6. The monoisotopic (exact) mass is 978 g/mol. The van der Waals surface area contributed by atoms with Crippen LogP contribution in [0, 0.1) is 5.92 Å². The molecule has 7 aromatic rings. The minimum atomic E-state index is -3.75. The van der Waals surface area contributed by atoms with E-state index in [-0.39, 0.29) is 50.4 Å². The lowest BCUT2D eigenvalue weighted by Gasteiger charge is -2.31. The Kier molecular flexibility index (Phi) is 11.9. The van der Waals surface area contributed by atoms with E-state index in [2.05, 4.69) is 0 Å². The fourth-order valence-electron chi connectivity index (χ4n) is 11.1. The van der Waals surface area contributed by atoms with E-state index in [1.165, 1.54) is 0 Å². The summed E-state index contributed by atoms with van der Waals surface area (Å²) >= 11 is 0. The van der Waals surface area contributed by atoms with Crippen LogP contribution in [0.4, 0.5) is 32.5 Å². The summed E-state index contributed by atoms with van der Waals surface area (Å²) in [5.74, 6) is -0.344. The van der Waals surface area contributed by atoms with E-state index in [0.29, 0.717) is 68.1 Å². The molecule has 4 amide bonds. The molecule has 1 spiro atoms. The lowest BCUT2D eigenvalue weighted by atomic mass is 9.82. The van der Waals surface area contributed by atoms with E-state index in [0.717, 1.165) is 11.1 Å². The summed E-state index contributed by atoms with van der Waals surface area (Å²) in [6.45, 7) is 5.07. The fraction of sp³-hybridized carbons (Fsp3) is 0.207. The van der Waals surface area contributed by atoms with Gasteiger partial charge in [-0.3, -0.25) is 29.0 Å². The number of benzene rings is 7. The van der Waals surface area contributed by atoms with E-state index in [9.17, 15) is 19.5 Å². The maximum absolute atomic E-state index is 17.2. The Bertz CT molecular complexity index is 3280. The van der Waals surface area contributed by atoms with E-state index in [4.69, 9.17) is 14.2 Å². The number of hydrogen-bond donors (Lipinski definition) is 1. The van der Waals surface area contributed by atoms with Crippen molar-refractivity contribution >= 4 is 60.5 Å². The van der Waals surface area contributed by atoms with Crippen LogP contribution in [0.2, 0.25) is 18.6 Å². The van der Waals surface area contributed by atoms with Gasteiger partial charge in [0.15, 0.2) is 17.1 Å². The minimum absolute atomic E-state index is 0.0532. The lowest BCUT2D eigenvalue weighted by molar-refractivity contribution is -0.150. The van der Waals surface area contributed by atoms with Gasteiger partial charge in [-0.2, -0.15) is 0 Å². The largest absolute Gasteiger partial charge is 0.454 e. The molecule has 14 heteroatoms. The zero-order valence-electron chi connectivity index (χ0n) is 39.9. The molecular weight excluding hydrogens is 928 g/mol. The molecule has 72 heavy (non-hydrogen) atoms. The molecule has 0 radical (unpaired) electrons. The van der Waals surface area contributed by atoms with Crippen molar-refractivity contribution in [3.05, 3.63) is 198 Å². The Balaban J connectivity index is 0.998. The average Bonchev–Trinajstić information content (AvgIpc) is 3.69. The first kappa shape index (κ1) is 46.5. The Labute approximate surface area is 417 Å². The van der Waals surface area contributed by atoms with Gasteiger partial charge in [-0.1, -0.05) is 97.9 Å². The number of anilines is 5. The highest BCUT2D eigenvalue weighted by Crippen LogP contribution is 2.61. The normalized spacial score (nSPS) is 19.9. The fourth-order valence-corrected chi connectivity index (χ4v) is 13.6. The average molecular weight is 979 g/mol. The van der Waals surface area contributed by atoms with Gasteiger partial charge in [0, 0.05) is 41.5 Å². The lowest BCUT2D eigenvalue weighted by Crippen LogP contribution is -2.45. The standard InChI is InChI=1S/C58H51FN4O8Si/c1-37-54(72(2,3)59)52(34-53(65)60(31-32-64)35-38-15-5-4-6-16-38)71-58(37)44-33-41(63-47-20-10-14-24-51(47)70-49-22-12-8-18-43(49)56(63)67)29-30-45(44)61(57(58)68)36-39-25-27-40(28-26-39)62-46-19-9-13-23-50(46)69-48-21-11-7-17-42(48)55(62)66/h4-30,33,37,52,54,64H,31-32,34-36H2,1-3H3/t37-,52+,54-,58+/m1/s1. The number of aliphatic hydroxyl groups excluding tert-OH is 1. The summed E-state index contributed by atoms with van der Waals surface area (Å²) in [6, 6.07) is 50.9. The number of nitrogens with zero attached hydrogens (tertiary/aromatic N) is 4. The minimum Gasteiger partial charge on any atom is -0.454 e. The summed E-state index contributed by atoms with van der Waals surface area (Å²) in [5.41, 5.74) is 2.75. The van der Waals surface area contributed by atoms with Crippen molar-refractivity contribution < 1.29 is 42.6 Å². The Morgan fingerprint density at radius 2 is 1.18 bits per heavy atom. The van der Waals surface area contributed by atoms with Gasteiger partial charge in [0.2, 0.25) is 14.3 Å². The molecule has 0 unspecified atom stereocenters. The van der Waals surface area contributed by atoms with Crippen molar-refractivity contribution in [1.29, 1.82) is 0 Å². The van der Waals surface area contributed by atoms with Crippen molar-refractivity contribution in [2.24, 2.45) is 5.92 Å². The molecule has 4 aliphatic rings. The van der Waals surface area contributed by atoms with Crippen LogP contribution in [0.15, 0.2) is 170 Å². The summed E-state index contributed by atoms with van der Waals surface area (Å²) in [6.07, 6.45) is -1.24. The predicted molar refractivity (Wildman–Crippen MR) is 275 cm³/mol. The number of hydrogen-bond acceptors (Lipinski definition) is 8. The molecule has 0 bridgehead atoms. The van der Waals surface area contributed by atoms with E-state index < -0.39 is 37.5 Å². The van der Waals surface area contributed by atoms with E-state index >= 15 is 8.90 Å². The van der Waals surface area contributed by atoms with Gasteiger partial charge in [-0.15, -0.1) is 0 Å². The Morgan fingerprint density at radius 3 is 1.76 bits per heavy atom. The molecule has 12 nitrogen and oxygen atoms in total. The topological polar surface area (TPSA) is 129 Å². The molecule has 4 aliphatic heterocycles. The van der Waals surface area contributed by atoms with Gasteiger partial charge in [0.25, 0.3) is 17.7 Å². The molecule has 362 valence electrons. The number of carbonyl (C=O) groups is 4. The van der Waals surface area contributed by atoms with Crippen molar-refractivity contribution in [3.8, 4) is 23.0 Å². The van der Waals surface area contributed by atoms with Crippen LogP contribution in [0.1, 0.15) is 50.8 Å². The van der Waals surface area contributed by atoms with Gasteiger partial charge in [0.1, 0.15) is 11.5 Å². The molecule has 0 aliphatic carbocycles. The quantitative estimate of drug-likeness (QED) is 0.100. The van der Waals surface area contributed by atoms with Crippen molar-refractivity contribution in [2.75, 3.05) is 27.9 Å². The maximum Gasteiger partial charge on any atom is 0.266 e. The number of amides is 4. The van der Waals surface area contributed by atoms with Gasteiger partial charge in [0.05, 0.1) is 53.9 Å². The molecule has 0 aromatic heterocycles. The SMILES string of the molecule is C[C@@H]1[C@@H]([Si](C)(C)F)[C@H](CC(=O)N(CCO)Cc2ccccc2)O[C@@]12C(=O)N(Cc1ccc(N3C(=O)c4ccccc4Oc4ccccc43)cc1)c1ccc(N3C(=O)c4ccccc4Oc4ccccc43)cc12. The summed E-state index contributed by atoms with van der Waals surface area (Å²) in [7, 11) is -3.75. The van der Waals surface area contributed by atoms with Gasteiger partial charge in [-0.25, -0.2) is 0 Å². The third-order valence-corrected chi connectivity index (χ3v) is 16.8. The molecule has 4 heterocycles. The highest BCUT2D eigenvalue weighted by molar-refractivity contribution is 6.72. The van der Waals surface area contributed by atoms with Crippen LogP contribution in [0.5, 0.6) is 23.0 Å². The zero-order valence-corrected chi connectivity index (χ0v) is 40.9. The van der Waals surface area contributed by atoms with Crippen molar-refractivity contribution in [3.63, 3.8) is 0 Å². The summed E-state index contributed by atoms with van der Waals surface area (Å²) < 4.78 is 36.9. The van der Waals surface area contributed by atoms with Gasteiger partial charge >= 0.3 is 0 Å². The molecule has 4 atom stereocenters. The van der Waals surface area contributed by atoms with Crippen LogP contribution in [0.3, 0.4) is 0 Å². The number of para-hydroxylation sites is 6. The number of carbonyl (C=O) groups excluding carboxylic acids is 4. The van der Waals surface area contributed by atoms with E-state index in [1.54, 1.807) is 105 Å². The third kappa shape index (κ3) is 7.92. The smallest absolute Gasteiger partial charge is 0.266 e. The highest BCUT2D eigenvalue weighted by atomic mass is 28.4. The van der Waals surface area contributed by atoms with Gasteiger partial charge in [-0.05, 0) is 103 Å². The first-order valence-electron chi connectivity index (χ1n) is 24.1. The third-order valence-electron chi connectivity index (χ3n) is 14.3. The second kappa shape index (κ2) is 18.4. The summed E-state index contributed by atoms with van der Waals surface area (Å²) in [4.78, 5) is 65.6.